The monoisotopic (exact) mass is 388 g/mol. The molecule has 2 rings (SSSR count). The first-order valence-corrected chi connectivity index (χ1v) is 10.2. The number of nitrogens with one attached hydrogen (secondary N) is 1. The molecule has 2 aromatic carbocycles. The lowest BCUT2D eigenvalue weighted by Gasteiger charge is -2.19. The van der Waals surface area contributed by atoms with Gasteiger partial charge in [-0.15, -0.1) is 0 Å². The Hall–Kier alpha value is -2.76. The maximum atomic E-state index is 12.2. The summed E-state index contributed by atoms with van der Waals surface area (Å²) in [6.07, 6.45) is 3.90. The molecule has 144 valence electrons. The van der Waals surface area contributed by atoms with Crippen molar-refractivity contribution in [1.29, 1.82) is 5.26 Å². The molecule has 27 heavy (non-hydrogen) atoms. The highest BCUT2D eigenvalue weighted by Crippen LogP contribution is 2.37. The summed E-state index contributed by atoms with van der Waals surface area (Å²) < 4.78 is 30.3. The molecule has 0 saturated heterocycles. The van der Waals surface area contributed by atoms with E-state index in [-0.39, 0.29) is 17.2 Å². The van der Waals surface area contributed by atoms with E-state index in [2.05, 4.69) is 12.2 Å². The number of nitriles is 1. The van der Waals surface area contributed by atoms with E-state index in [9.17, 15) is 8.42 Å². The van der Waals surface area contributed by atoms with Crippen LogP contribution in [0.5, 0.6) is 11.5 Å². The summed E-state index contributed by atoms with van der Waals surface area (Å²) >= 11 is 0. The van der Waals surface area contributed by atoms with Gasteiger partial charge in [0.05, 0.1) is 12.2 Å². The van der Waals surface area contributed by atoms with Gasteiger partial charge in [0.15, 0.2) is 11.9 Å². The zero-order valence-corrected chi connectivity index (χ0v) is 16.3. The minimum atomic E-state index is -4.04. The lowest BCUT2D eigenvalue weighted by atomic mass is 10.1. The molecule has 0 spiro atoms. The normalized spacial score (nSPS) is 10.9. The zero-order valence-electron chi connectivity index (χ0n) is 15.5. The lowest BCUT2D eigenvalue weighted by Crippen LogP contribution is -2.17. The molecule has 0 bridgehead atoms. The van der Waals surface area contributed by atoms with Crippen molar-refractivity contribution in [3.05, 3.63) is 48.0 Å². The summed E-state index contributed by atoms with van der Waals surface area (Å²) in [5.41, 5.74) is 1.17. The van der Waals surface area contributed by atoms with E-state index >= 15 is 0 Å². The summed E-state index contributed by atoms with van der Waals surface area (Å²) in [7, 11) is -2.42. The smallest absolute Gasteiger partial charge is 0.241 e. The number of unbranched alkanes of at least 4 members (excludes halogenated alkanes) is 1. The molecule has 8 heteroatoms. The summed E-state index contributed by atoms with van der Waals surface area (Å²) in [4.78, 5) is 1.28. The van der Waals surface area contributed by atoms with Crippen molar-refractivity contribution in [2.75, 3.05) is 18.9 Å². The van der Waals surface area contributed by atoms with Crippen LogP contribution in [0.15, 0.2) is 47.4 Å². The number of rotatable bonds is 9. The van der Waals surface area contributed by atoms with Crippen LogP contribution in [0, 0.1) is 11.5 Å². The van der Waals surface area contributed by atoms with Gasteiger partial charge in [-0.1, -0.05) is 31.5 Å². The van der Waals surface area contributed by atoms with E-state index in [1.807, 2.05) is 12.3 Å². The molecule has 2 aromatic rings. The molecule has 0 aliphatic heterocycles. The number of nitrogens with two attached hydrogens (primary N) is 1. The predicted octanol–water partition coefficient (Wildman–Crippen LogP) is 3.25. The molecule has 0 atom stereocenters. The van der Waals surface area contributed by atoms with Gasteiger partial charge in [-0.3, -0.25) is 0 Å². The Morgan fingerprint density at radius 3 is 2.56 bits per heavy atom. The van der Waals surface area contributed by atoms with Crippen molar-refractivity contribution in [2.24, 2.45) is 5.14 Å². The van der Waals surface area contributed by atoms with Crippen molar-refractivity contribution < 1.29 is 13.2 Å². The second kappa shape index (κ2) is 9.26. The van der Waals surface area contributed by atoms with Gasteiger partial charge < -0.3 is 15.0 Å². The van der Waals surface area contributed by atoms with Crippen LogP contribution in [0.3, 0.4) is 0 Å². The predicted molar refractivity (Wildman–Crippen MR) is 105 cm³/mol. The largest absolute Gasteiger partial charge is 0.454 e. The van der Waals surface area contributed by atoms with Gasteiger partial charge in [0, 0.05) is 13.6 Å². The molecular formula is C19H24N4O3S. The van der Waals surface area contributed by atoms with Gasteiger partial charge in [-0.25, -0.2) is 13.6 Å². The van der Waals surface area contributed by atoms with Crippen LogP contribution >= 0.6 is 0 Å². The van der Waals surface area contributed by atoms with E-state index in [0.717, 1.165) is 12.8 Å². The molecular weight excluding hydrogens is 364 g/mol. The minimum Gasteiger partial charge on any atom is -0.454 e. The van der Waals surface area contributed by atoms with E-state index in [0.29, 0.717) is 23.5 Å². The number of nitrogens with zero attached hydrogens (tertiary/aromatic N) is 2. The number of sulfonamides is 1. The molecule has 0 unspecified atom stereocenters. The van der Waals surface area contributed by atoms with Crippen LogP contribution in [0.1, 0.15) is 25.3 Å². The third-order valence-corrected chi connectivity index (χ3v) is 4.74. The summed E-state index contributed by atoms with van der Waals surface area (Å²) in [5.74, 6) is 0.658. The molecule has 0 amide bonds. The van der Waals surface area contributed by atoms with Gasteiger partial charge in [0.1, 0.15) is 10.6 Å². The number of benzene rings is 2. The molecule has 0 fully saturated rings. The van der Waals surface area contributed by atoms with E-state index in [1.54, 1.807) is 37.4 Å². The molecule has 0 aliphatic rings. The Labute approximate surface area is 160 Å². The second-order valence-corrected chi connectivity index (χ2v) is 7.70. The van der Waals surface area contributed by atoms with Gasteiger partial charge in [0.2, 0.25) is 10.0 Å². The van der Waals surface area contributed by atoms with Crippen molar-refractivity contribution in [3.8, 4) is 17.7 Å². The van der Waals surface area contributed by atoms with Crippen LogP contribution in [0.2, 0.25) is 0 Å². The molecule has 0 aliphatic carbocycles. The van der Waals surface area contributed by atoms with Crippen molar-refractivity contribution in [1.82, 2.24) is 4.90 Å². The Bertz CT molecular complexity index is 909. The fraction of sp³-hybridized carbons (Fsp3) is 0.316. The van der Waals surface area contributed by atoms with Crippen LogP contribution in [0.4, 0.5) is 5.69 Å². The van der Waals surface area contributed by atoms with Crippen molar-refractivity contribution >= 4 is 15.7 Å². The first kappa shape index (κ1) is 20.6. The Kier molecular flexibility index (Phi) is 7.05. The topological polar surface area (TPSA) is 108 Å². The number of primary sulfonamides is 1. The van der Waals surface area contributed by atoms with Crippen LogP contribution in [-0.4, -0.2) is 26.9 Å². The fourth-order valence-corrected chi connectivity index (χ4v) is 3.24. The van der Waals surface area contributed by atoms with E-state index < -0.39 is 10.0 Å². The first-order valence-electron chi connectivity index (χ1n) is 8.62. The van der Waals surface area contributed by atoms with Crippen LogP contribution in [-0.2, 0) is 16.6 Å². The third kappa shape index (κ3) is 5.88. The maximum Gasteiger partial charge on any atom is 0.241 e. The Balaban J connectivity index is 2.55. The second-order valence-electron chi connectivity index (χ2n) is 6.17. The first-order chi connectivity index (χ1) is 12.8. The Morgan fingerprint density at radius 1 is 1.26 bits per heavy atom. The number of para-hydroxylation sites is 1. The van der Waals surface area contributed by atoms with Crippen molar-refractivity contribution in [2.45, 2.75) is 31.2 Å². The SMILES string of the molecule is CCCCNc1cc(CN(C)C#N)cc(S(N)(=O)=O)c1Oc1ccccc1. The third-order valence-electron chi connectivity index (χ3n) is 3.82. The van der Waals surface area contributed by atoms with Gasteiger partial charge in [-0.05, 0) is 36.2 Å². The number of ether oxygens (including phenoxy) is 1. The Morgan fingerprint density at radius 2 is 1.96 bits per heavy atom. The zero-order chi connectivity index (χ0) is 19.9. The molecule has 0 saturated carbocycles. The van der Waals surface area contributed by atoms with Gasteiger partial charge >= 0.3 is 0 Å². The van der Waals surface area contributed by atoms with Gasteiger partial charge in [-0.2, -0.15) is 5.26 Å². The van der Waals surface area contributed by atoms with E-state index in [4.69, 9.17) is 15.1 Å². The highest BCUT2D eigenvalue weighted by Gasteiger charge is 2.22. The standard InChI is InChI=1S/C19H24N4O3S/c1-3-4-10-22-17-11-15(13-23(2)14-20)12-18(27(21,24)25)19(17)26-16-8-6-5-7-9-16/h5-9,11-12,22H,3-4,10,13H2,1-2H3,(H2,21,24,25). The summed E-state index contributed by atoms with van der Waals surface area (Å²) in [5, 5.41) is 17.7. The highest BCUT2D eigenvalue weighted by atomic mass is 32.2. The molecule has 0 aromatic heterocycles. The molecule has 3 N–H and O–H groups in total. The van der Waals surface area contributed by atoms with Crippen LogP contribution < -0.4 is 15.2 Å². The summed E-state index contributed by atoms with van der Waals surface area (Å²) in [6.45, 7) is 2.98. The molecule has 0 heterocycles. The minimum absolute atomic E-state index is 0.116. The van der Waals surface area contributed by atoms with E-state index in [1.165, 1.54) is 11.0 Å². The molecule has 7 nitrogen and oxygen atoms in total. The number of anilines is 1. The highest BCUT2D eigenvalue weighted by molar-refractivity contribution is 7.89. The average Bonchev–Trinajstić information content (AvgIpc) is 2.63. The van der Waals surface area contributed by atoms with Crippen LogP contribution in [0.25, 0.3) is 0 Å². The number of hydrogen-bond acceptors (Lipinski definition) is 6. The van der Waals surface area contributed by atoms with Gasteiger partial charge in [0.25, 0.3) is 0 Å². The lowest BCUT2D eigenvalue weighted by molar-refractivity contribution is 0.459. The summed E-state index contributed by atoms with van der Waals surface area (Å²) in [6, 6.07) is 12.1. The quantitative estimate of drug-likeness (QED) is 0.388. The fourth-order valence-electron chi connectivity index (χ4n) is 2.51. The number of hydrogen-bond donors (Lipinski definition) is 2. The molecule has 0 radical (unpaired) electrons. The van der Waals surface area contributed by atoms with Crippen molar-refractivity contribution in [3.63, 3.8) is 0 Å². The maximum absolute atomic E-state index is 12.2. The average molecular weight is 388 g/mol.